The van der Waals surface area contributed by atoms with Crippen LogP contribution in [0.1, 0.15) is 26.2 Å². The highest BCUT2D eigenvalue weighted by molar-refractivity contribution is 9.10. The van der Waals surface area contributed by atoms with E-state index < -0.39 is 0 Å². The van der Waals surface area contributed by atoms with Crippen LogP contribution >= 0.6 is 15.9 Å². The lowest BCUT2D eigenvalue weighted by Crippen LogP contribution is -2.08. The first-order chi connectivity index (χ1) is 8.65. The lowest BCUT2D eigenvalue weighted by Gasteiger charge is -2.10. The normalized spacial score (nSPS) is 10.6. The van der Waals surface area contributed by atoms with Crippen molar-refractivity contribution in [2.45, 2.75) is 26.2 Å². The molecule has 0 fully saturated rings. The van der Waals surface area contributed by atoms with Gasteiger partial charge in [0.05, 0.1) is 15.8 Å². The largest absolute Gasteiger partial charge is 0.397 e. The minimum atomic E-state index is -0.346. The van der Waals surface area contributed by atoms with Crippen LogP contribution in [0.4, 0.5) is 15.8 Å². The topological polar surface area (TPSA) is 47.3 Å². The number of ether oxygens (including phenoxy) is 1. The molecule has 0 heterocycles. The molecule has 1 rings (SSSR count). The van der Waals surface area contributed by atoms with Gasteiger partial charge in [0.25, 0.3) is 0 Å². The van der Waals surface area contributed by atoms with E-state index in [0.29, 0.717) is 10.2 Å². The molecule has 102 valence electrons. The average molecular weight is 319 g/mol. The molecule has 1 aromatic carbocycles. The highest BCUT2D eigenvalue weighted by Crippen LogP contribution is 2.26. The molecule has 5 heteroatoms. The maximum absolute atomic E-state index is 13.1. The molecule has 0 aliphatic carbocycles. The summed E-state index contributed by atoms with van der Waals surface area (Å²) in [5.41, 5.74) is 6.88. The average Bonchev–Trinajstić information content (AvgIpc) is 2.34. The van der Waals surface area contributed by atoms with Crippen LogP contribution < -0.4 is 11.1 Å². The number of nitrogen functional groups attached to an aromatic ring is 1. The van der Waals surface area contributed by atoms with Crippen LogP contribution in [-0.2, 0) is 4.74 Å². The summed E-state index contributed by atoms with van der Waals surface area (Å²) in [6.07, 6.45) is 3.15. The zero-order chi connectivity index (χ0) is 13.4. The monoisotopic (exact) mass is 318 g/mol. The summed E-state index contributed by atoms with van der Waals surface area (Å²) < 4.78 is 19.0. The second-order valence-electron chi connectivity index (χ2n) is 4.10. The summed E-state index contributed by atoms with van der Waals surface area (Å²) in [6.45, 7) is 4.45. The second-order valence-corrected chi connectivity index (χ2v) is 4.95. The third-order valence-corrected chi connectivity index (χ3v) is 3.12. The molecular formula is C13H20BrFN2O. The Morgan fingerprint density at radius 2 is 2.06 bits per heavy atom. The smallest absolute Gasteiger partial charge is 0.139 e. The van der Waals surface area contributed by atoms with Crippen molar-refractivity contribution >= 4 is 27.3 Å². The van der Waals surface area contributed by atoms with Crippen LogP contribution in [0, 0.1) is 5.82 Å². The van der Waals surface area contributed by atoms with Crippen molar-refractivity contribution in [2.24, 2.45) is 0 Å². The molecule has 0 bridgehead atoms. The van der Waals surface area contributed by atoms with Gasteiger partial charge >= 0.3 is 0 Å². The number of nitrogens with one attached hydrogen (secondary N) is 1. The molecule has 0 spiro atoms. The highest BCUT2D eigenvalue weighted by Gasteiger charge is 2.05. The van der Waals surface area contributed by atoms with E-state index in [0.717, 1.165) is 44.7 Å². The van der Waals surface area contributed by atoms with Gasteiger partial charge in [-0.3, -0.25) is 0 Å². The lowest BCUT2D eigenvalue weighted by atomic mass is 10.2. The van der Waals surface area contributed by atoms with Gasteiger partial charge in [-0.1, -0.05) is 13.3 Å². The minimum Gasteiger partial charge on any atom is -0.397 e. The fourth-order valence-corrected chi connectivity index (χ4v) is 1.80. The van der Waals surface area contributed by atoms with Crippen molar-refractivity contribution in [3.05, 3.63) is 22.4 Å². The first-order valence-electron chi connectivity index (χ1n) is 6.21. The Kier molecular flexibility index (Phi) is 7.05. The third kappa shape index (κ3) is 5.23. The molecule has 3 N–H and O–H groups in total. The summed E-state index contributed by atoms with van der Waals surface area (Å²) in [5.74, 6) is -0.346. The Morgan fingerprint density at radius 1 is 1.33 bits per heavy atom. The number of halogens is 2. The van der Waals surface area contributed by atoms with Crippen molar-refractivity contribution in [2.75, 3.05) is 30.8 Å². The fraction of sp³-hybridized carbons (Fsp3) is 0.538. The molecule has 0 saturated carbocycles. The van der Waals surface area contributed by atoms with Crippen molar-refractivity contribution in [3.8, 4) is 0 Å². The Hall–Kier alpha value is -0.810. The predicted molar refractivity (Wildman–Crippen MR) is 77.3 cm³/mol. The van der Waals surface area contributed by atoms with Crippen LogP contribution in [0.25, 0.3) is 0 Å². The maximum Gasteiger partial charge on any atom is 0.139 e. The van der Waals surface area contributed by atoms with Gasteiger partial charge in [-0.25, -0.2) is 4.39 Å². The molecule has 0 aliphatic heterocycles. The van der Waals surface area contributed by atoms with E-state index >= 15 is 0 Å². The predicted octanol–water partition coefficient (Wildman–Crippen LogP) is 3.79. The Bertz CT molecular complexity index is 374. The van der Waals surface area contributed by atoms with E-state index in [4.69, 9.17) is 10.5 Å². The van der Waals surface area contributed by atoms with Gasteiger partial charge in [0.1, 0.15) is 5.82 Å². The zero-order valence-electron chi connectivity index (χ0n) is 10.6. The van der Waals surface area contributed by atoms with E-state index in [-0.39, 0.29) is 5.82 Å². The molecule has 18 heavy (non-hydrogen) atoms. The van der Waals surface area contributed by atoms with Crippen LogP contribution in [0.3, 0.4) is 0 Å². The summed E-state index contributed by atoms with van der Waals surface area (Å²) in [6, 6.07) is 2.97. The van der Waals surface area contributed by atoms with Gasteiger partial charge in [0.15, 0.2) is 0 Å². The Morgan fingerprint density at radius 3 is 2.78 bits per heavy atom. The van der Waals surface area contributed by atoms with E-state index in [1.54, 1.807) is 6.07 Å². The Labute approximate surface area is 116 Å². The van der Waals surface area contributed by atoms with Crippen molar-refractivity contribution in [3.63, 3.8) is 0 Å². The molecule has 0 aromatic heterocycles. The van der Waals surface area contributed by atoms with Gasteiger partial charge in [-0.2, -0.15) is 0 Å². The molecule has 0 unspecified atom stereocenters. The van der Waals surface area contributed by atoms with Gasteiger partial charge in [-0.15, -0.1) is 0 Å². The van der Waals surface area contributed by atoms with Crippen molar-refractivity contribution < 1.29 is 9.13 Å². The van der Waals surface area contributed by atoms with E-state index in [1.165, 1.54) is 6.07 Å². The molecule has 0 aliphatic rings. The number of unbranched alkanes of at least 4 members (excludes halogenated alkanes) is 1. The van der Waals surface area contributed by atoms with Crippen LogP contribution in [-0.4, -0.2) is 19.8 Å². The molecule has 0 atom stereocenters. The first kappa shape index (κ1) is 15.2. The number of rotatable bonds is 8. The number of hydrogen-bond acceptors (Lipinski definition) is 3. The van der Waals surface area contributed by atoms with Gasteiger partial charge in [-0.05, 0) is 34.8 Å². The van der Waals surface area contributed by atoms with Crippen LogP contribution in [0.5, 0.6) is 0 Å². The SMILES string of the molecule is CCCCOCCCNc1cc(Br)c(F)cc1N. The van der Waals surface area contributed by atoms with Crippen molar-refractivity contribution in [1.29, 1.82) is 0 Å². The summed E-state index contributed by atoms with van der Waals surface area (Å²) >= 11 is 3.14. The van der Waals surface area contributed by atoms with Gasteiger partial charge in [0.2, 0.25) is 0 Å². The molecule has 1 aromatic rings. The first-order valence-corrected chi connectivity index (χ1v) is 7.00. The van der Waals surface area contributed by atoms with Crippen LogP contribution in [0.15, 0.2) is 16.6 Å². The summed E-state index contributed by atoms with van der Waals surface area (Å²) in [5, 5.41) is 3.17. The van der Waals surface area contributed by atoms with Gasteiger partial charge in [0, 0.05) is 25.8 Å². The number of anilines is 2. The number of nitrogens with two attached hydrogens (primary N) is 1. The lowest BCUT2D eigenvalue weighted by molar-refractivity contribution is 0.131. The van der Waals surface area contributed by atoms with E-state index in [2.05, 4.69) is 28.2 Å². The second kappa shape index (κ2) is 8.32. The third-order valence-electron chi connectivity index (χ3n) is 2.52. The molecule has 0 amide bonds. The van der Waals surface area contributed by atoms with Crippen molar-refractivity contribution in [1.82, 2.24) is 0 Å². The minimum absolute atomic E-state index is 0.346. The van der Waals surface area contributed by atoms with E-state index in [9.17, 15) is 4.39 Å². The number of benzene rings is 1. The quantitative estimate of drug-likeness (QED) is 0.566. The van der Waals surface area contributed by atoms with Gasteiger partial charge < -0.3 is 15.8 Å². The maximum atomic E-state index is 13.1. The summed E-state index contributed by atoms with van der Waals surface area (Å²) in [7, 11) is 0. The zero-order valence-corrected chi connectivity index (χ0v) is 12.2. The highest BCUT2D eigenvalue weighted by atomic mass is 79.9. The van der Waals surface area contributed by atoms with Crippen LogP contribution in [0.2, 0.25) is 0 Å². The fourth-order valence-electron chi connectivity index (χ4n) is 1.46. The number of hydrogen-bond donors (Lipinski definition) is 2. The molecule has 0 saturated heterocycles. The molecular weight excluding hydrogens is 299 g/mol. The molecule has 0 radical (unpaired) electrons. The Balaban J connectivity index is 2.25. The standard InChI is InChI=1S/C13H20BrFN2O/c1-2-3-6-18-7-4-5-17-13-8-10(14)11(15)9-12(13)16/h8-9,17H,2-7,16H2,1H3. The summed E-state index contributed by atoms with van der Waals surface area (Å²) in [4.78, 5) is 0. The molecule has 3 nitrogen and oxygen atoms in total. The van der Waals surface area contributed by atoms with E-state index in [1.807, 2.05) is 0 Å².